The minimum absolute atomic E-state index is 0.0410. The average molecular weight is 526 g/mol. The van der Waals surface area contributed by atoms with Gasteiger partial charge in [-0.15, -0.1) is 13.2 Å². The maximum absolute atomic E-state index is 6.80. The fourth-order valence-electron chi connectivity index (χ4n) is 7.90. The fourth-order valence-corrected chi connectivity index (χ4v) is 7.90. The second-order valence-electron chi connectivity index (χ2n) is 11.8. The molecule has 3 heteroatoms. The number of hydrogen-bond donors (Lipinski definition) is 0. The van der Waals surface area contributed by atoms with E-state index in [0.29, 0.717) is 24.5 Å². The van der Waals surface area contributed by atoms with E-state index < -0.39 is 0 Å². The zero-order valence-corrected chi connectivity index (χ0v) is 23.1. The smallest absolute Gasteiger partial charge is 0.135 e. The molecule has 2 bridgehead atoms. The van der Waals surface area contributed by atoms with Crippen molar-refractivity contribution in [1.29, 1.82) is 0 Å². The lowest BCUT2D eigenvalue weighted by Gasteiger charge is -2.58. The van der Waals surface area contributed by atoms with E-state index in [1.165, 1.54) is 44.5 Å². The lowest BCUT2D eigenvalue weighted by Crippen LogP contribution is -2.67. The highest BCUT2D eigenvalue weighted by Crippen LogP contribution is 2.50. The van der Waals surface area contributed by atoms with E-state index >= 15 is 0 Å². The van der Waals surface area contributed by atoms with Crippen molar-refractivity contribution in [3.05, 3.63) is 128 Å². The van der Waals surface area contributed by atoms with Crippen molar-refractivity contribution in [2.75, 3.05) is 19.7 Å². The highest BCUT2D eigenvalue weighted by atomic mass is 16.5. The molecule has 3 nitrogen and oxygen atoms in total. The van der Waals surface area contributed by atoms with Crippen LogP contribution in [-0.4, -0.2) is 35.2 Å². The van der Waals surface area contributed by atoms with Crippen LogP contribution in [0, 0.1) is 11.8 Å². The number of benzene rings is 4. The Hall–Kier alpha value is -3.79. The van der Waals surface area contributed by atoms with Crippen molar-refractivity contribution in [2.45, 2.75) is 31.5 Å². The summed E-state index contributed by atoms with van der Waals surface area (Å²) in [6.07, 6.45) is 8.41. The molecule has 5 aromatic rings. The second kappa shape index (κ2) is 10.3. The van der Waals surface area contributed by atoms with Crippen molar-refractivity contribution >= 4 is 32.4 Å². The first kappa shape index (κ1) is 25.2. The van der Waals surface area contributed by atoms with Gasteiger partial charge in [0.15, 0.2) is 0 Å². The first-order valence-corrected chi connectivity index (χ1v) is 14.6. The van der Waals surface area contributed by atoms with Gasteiger partial charge >= 0.3 is 0 Å². The summed E-state index contributed by atoms with van der Waals surface area (Å²) >= 11 is 0. The Morgan fingerprint density at radius 1 is 0.900 bits per heavy atom. The normalized spacial score (nSPS) is 24.9. The van der Waals surface area contributed by atoms with E-state index in [1.807, 2.05) is 12.3 Å². The van der Waals surface area contributed by atoms with Crippen LogP contribution in [0.15, 0.2) is 116 Å². The summed E-state index contributed by atoms with van der Waals surface area (Å²) < 4.78 is 7.81. The Bertz CT molecular complexity index is 1670. The molecule has 2 unspecified atom stereocenters. The Kier molecular flexibility index (Phi) is 6.50. The molecular weight excluding hydrogens is 488 g/mol. The number of pyridine rings is 1. The number of hydrogen-bond acceptors (Lipinski definition) is 2. The molecule has 4 heterocycles. The van der Waals surface area contributed by atoms with E-state index in [-0.39, 0.29) is 6.10 Å². The van der Waals surface area contributed by atoms with Crippen molar-refractivity contribution in [2.24, 2.45) is 11.8 Å². The van der Waals surface area contributed by atoms with Crippen LogP contribution >= 0.6 is 0 Å². The summed E-state index contributed by atoms with van der Waals surface area (Å²) in [6, 6.07) is 31.2. The molecule has 0 saturated carbocycles. The molecule has 3 aliphatic heterocycles. The molecule has 3 aliphatic rings. The van der Waals surface area contributed by atoms with E-state index in [9.17, 15) is 0 Å². The number of piperidine rings is 3. The van der Waals surface area contributed by atoms with E-state index in [0.717, 1.165) is 36.1 Å². The topological polar surface area (TPSA) is 22.1 Å². The third kappa shape index (κ3) is 4.16. The zero-order chi connectivity index (χ0) is 27.1. The van der Waals surface area contributed by atoms with Gasteiger partial charge in [0.2, 0.25) is 0 Å². The number of aromatic nitrogens is 1. The SMILES string of the molecule is C=CCOC(c1ccnc2ccccc12)[C@@H]1C[C@@H]2CC[N+]1(Cc1c3ccccc3cc3ccccc13)C[C@@H]2C=C. The first-order chi connectivity index (χ1) is 19.7. The molecule has 5 atom stereocenters. The van der Waals surface area contributed by atoms with Gasteiger partial charge in [0.25, 0.3) is 0 Å². The number of quaternary nitrogens is 1. The summed E-state index contributed by atoms with van der Waals surface area (Å²) in [5.74, 6) is 1.18. The molecule has 0 N–H and O–H groups in total. The monoisotopic (exact) mass is 525 g/mol. The van der Waals surface area contributed by atoms with Gasteiger partial charge in [-0.2, -0.15) is 0 Å². The Labute approximate surface area is 237 Å². The lowest BCUT2D eigenvalue weighted by atomic mass is 9.70. The molecule has 0 radical (unpaired) electrons. The maximum atomic E-state index is 6.80. The van der Waals surface area contributed by atoms with Gasteiger partial charge in [0, 0.05) is 35.9 Å². The number of fused-ring (bicyclic) bond motifs is 6. The summed E-state index contributed by atoms with van der Waals surface area (Å²) in [5.41, 5.74) is 3.74. The van der Waals surface area contributed by atoms with Gasteiger partial charge in [0.1, 0.15) is 18.7 Å². The molecule has 4 aromatic carbocycles. The molecule has 0 amide bonds. The standard InChI is InChI=1S/C37H37N2O/c1-3-21-40-37(33-17-19-38-35-16-10-9-15-32(33)35)36-23-27-18-20-39(36,24-26(27)4-2)25-34-30-13-7-5-11-28(30)22-29-12-6-8-14-31(29)34/h3-17,19,22,26-27,36-37H,1-2,18,20-21,23-25H2/q+1/t26-,27-,36-,37?,39?/m0/s1. The highest BCUT2D eigenvalue weighted by Gasteiger charge is 2.54. The quantitative estimate of drug-likeness (QED) is 0.115. The summed E-state index contributed by atoms with van der Waals surface area (Å²) in [7, 11) is 0. The third-order valence-electron chi connectivity index (χ3n) is 9.76. The molecule has 3 saturated heterocycles. The summed E-state index contributed by atoms with van der Waals surface area (Å²) in [4.78, 5) is 4.68. The van der Waals surface area contributed by atoms with Crippen LogP contribution in [-0.2, 0) is 11.3 Å². The highest BCUT2D eigenvalue weighted by molar-refractivity contribution is 6.02. The largest absolute Gasteiger partial charge is 0.363 e. The predicted molar refractivity (Wildman–Crippen MR) is 166 cm³/mol. The Morgan fingerprint density at radius 3 is 2.33 bits per heavy atom. The van der Waals surface area contributed by atoms with Crippen molar-refractivity contribution in [1.82, 2.24) is 4.98 Å². The van der Waals surface area contributed by atoms with Crippen molar-refractivity contribution in [3.63, 3.8) is 0 Å². The molecule has 40 heavy (non-hydrogen) atoms. The summed E-state index contributed by atoms with van der Waals surface area (Å²) in [6.45, 7) is 12.1. The van der Waals surface area contributed by atoms with Crippen molar-refractivity contribution in [3.8, 4) is 0 Å². The van der Waals surface area contributed by atoms with Gasteiger partial charge in [-0.05, 0) is 51.2 Å². The van der Waals surface area contributed by atoms with Gasteiger partial charge in [0.05, 0.1) is 25.2 Å². The Balaban J connectivity index is 1.41. The van der Waals surface area contributed by atoms with E-state index in [4.69, 9.17) is 4.74 Å². The van der Waals surface area contributed by atoms with Crippen LogP contribution in [0.4, 0.5) is 0 Å². The van der Waals surface area contributed by atoms with Gasteiger partial charge < -0.3 is 9.22 Å². The van der Waals surface area contributed by atoms with Crippen LogP contribution in [0.5, 0.6) is 0 Å². The molecular formula is C37H37N2O+. The lowest BCUT2D eigenvalue weighted by molar-refractivity contribution is -0.984. The van der Waals surface area contributed by atoms with Crippen LogP contribution in [0.3, 0.4) is 0 Å². The number of para-hydroxylation sites is 1. The van der Waals surface area contributed by atoms with Crippen molar-refractivity contribution < 1.29 is 9.22 Å². The van der Waals surface area contributed by atoms with Crippen LogP contribution in [0.1, 0.15) is 30.1 Å². The van der Waals surface area contributed by atoms with Gasteiger partial charge in [-0.3, -0.25) is 4.98 Å². The minimum atomic E-state index is -0.0410. The number of ether oxygens (including phenoxy) is 1. The molecule has 1 aromatic heterocycles. The molecule has 0 spiro atoms. The molecule has 8 rings (SSSR count). The summed E-state index contributed by atoms with van der Waals surface area (Å²) in [5, 5.41) is 6.56. The van der Waals surface area contributed by atoms with Gasteiger partial charge in [-0.25, -0.2) is 0 Å². The number of rotatable bonds is 8. The Morgan fingerprint density at radius 2 is 1.60 bits per heavy atom. The minimum Gasteiger partial charge on any atom is -0.363 e. The molecule has 0 aliphatic carbocycles. The van der Waals surface area contributed by atoms with Crippen LogP contribution < -0.4 is 0 Å². The fraction of sp³-hybridized carbons (Fsp3) is 0.270. The average Bonchev–Trinajstić information content (AvgIpc) is 3.01. The van der Waals surface area contributed by atoms with Crippen LogP contribution in [0.2, 0.25) is 0 Å². The predicted octanol–water partition coefficient (Wildman–Crippen LogP) is 8.40. The zero-order valence-electron chi connectivity index (χ0n) is 23.1. The van der Waals surface area contributed by atoms with E-state index in [1.54, 1.807) is 0 Å². The molecule has 200 valence electrons. The molecule has 3 fully saturated rings. The van der Waals surface area contributed by atoms with Crippen LogP contribution in [0.25, 0.3) is 32.4 Å². The van der Waals surface area contributed by atoms with Gasteiger partial charge in [-0.1, -0.05) is 78.9 Å². The second-order valence-corrected chi connectivity index (χ2v) is 11.8. The van der Waals surface area contributed by atoms with E-state index in [2.05, 4.69) is 109 Å². The number of nitrogens with zero attached hydrogens (tertiary/aromatic N) is 2. The first-order valence-electron chi connectivity index (χ1n) is 14.6. The maximum Gasteiger partial charge on any atom is 0.135 e. The third-order valence-corrected chi connectivity index (χ3v) is 9.76.